The third kappa shape index (κ3) is 7.21. The second-order valence-corrected chi connectivity index (χ2v) is 9.34. The molecule has 37 heavy (non-hydrogen) atoms. The maximum absolute atomic E-state index is 12.8. The number of hydrogen-bond acceptors (Lipinski definition) is 4. The Morgan fingerprint density at radius 3 is 2.27 bits per heavy atom. The summed E-state index contributed by atoms with van der Waals surface area (Å²) in [4.78, 5) is 39.9. The van der Waals surface area contributed by atoms with Gasteiger partial charge in [-0.3, -0.25) is 9.69 Å². The molecule has 2 N–H and O–H groups in total. The van der Waals surface area contributed by atoms with Crippen molar-refractivity contribution in [2.75, 3.05) is 18.5 Å². The number of nitrogens with one attached hydrogen (secondary N) is 2. The van der Waals surface area contributed by atoms with Crippen molar-refractivity contribution in [3.63, 3.8) is 0 Å². The lowest BCUT2D eigenvalue weighted by Crippen LogP contribution is -2.48. The Balaban J connectivity index is 1.71. The van der Waals surface area contributed by atoms with Crippen molar-refractivity contribution in [2.45, 2.75) is 72.3 Å². The highest BCUT2D eigenvalue weighted by atomic mass is 16.5. The van der Waals surface area contributed by atoms with Crippen molar-refractivity contribution in [3.8, 4) is 0 Å². The molecule has 2 aromatic carbocycles. The molecule has 1 heterocycles. The van der Waals surface area contributed by atoms with Crippen molar-refractivity contribution in [3.05, 3.63) is 76.5 Å². The maximum atomic E-state index is 12.8. The van der Waals surface area contributed by atoms with E-state index < -0.39 is 12.0 Å². The van der Waals surface area contributed by atoms with Crippen molar-refractivity contribution < 1.29 is 19.1 Å². The van der Waals surface area contributed by atoms with E-state index in [9.17, 15) is 14.4 Å². The Bertz CT molecular complexity index is 1110. The zero-order chi connectivity index (χ0) is 26.8. The van der Waals surface area contributed by atoms with Gasteiger partial charge in [0.2, 0.25) is 0 Å². The number of urea groups is 1. The number of amides is 3. The quantitative estimate of drug-likeness (QED) is 0.259. The number of rotatable bonds is 12. The fourth-order valence-corrected chi connectivity index (χ4v) is 4.54. The van der Waals surface area contributed by atoms with E-state index in [1.165, 1.54) is 24.8 Å². The van der Waals surface area contributed by atoms with Crippen molar-refractivity contribution >= 4 is 23.6 Å². The lowest BCUT2D eigenvalue weighted by atomic mass is 9.94. The Morgan fingerprint density at radius 2 is 1.65 bits per heavy atom. The first-order chi connectivity index (χ1) is 17.9. The van der Waals surface area contributed by atoms with Crippen LogP contribution in [0.5, 0.6) is 0 Å². The van der Waals surface area contributed by atoms with E-state index in [0.29, 0.717) is 29.1 Å². The lowest BCUT2D eigenvalue weighted by molar-refractivity contribution is -0.139. The van der Waals surface area contributed by atoms with Gasteiger partial charge in [0.1, 0.15) is 0 Å². The Labute approximate surface area is 220 Å². The molecule has 0 aliphatic carbocycles. The van der Waals surface area contributed by atoms with Crippen LogP contribution < -0.4 is 10.6 Å². The smallest absolute Gasteiger partial charge is 0.338 e. The first kappa shape index (κ1) is 28.0. The summed E-state index contributed by atoms with van der Waals surface area (Å²) in [5.41, 5.74) is 4.22. The summed E-state index contributed by atoms with van der Waals surface area (Å²) in [5, 5.41) is 5.87. The normalized spacial score (nSPS) is 15.4. The standard InChI is InChI=1S/C30H39N3O4/c1-5-8-9-10-11-22-12-14-24(15-13-22)28(34)31-25-18-16-23(17-19-25)27-26(29(35)37-7-3)21(4)33(20-6-2)30(36)32-27/h12-19,27H,5-11,20H2,1-4H3,(H,31,34)(H,32,36). The minimum Gasteiger partial charge on any atom is -0.463 e. The molecule has 7 heteroatoms. The molecular formula is C30H39N3O4. The van der Waals surface area contributed by atoms with E-state index in [-0.39, 0.29) is 18.5 Å². The molecule has 1 aliphatic heterocycles. The highest BCUT2D eigenvalue weighted by molar-refractivity contribution is 6.04. The number of esters is 1. The molecule has 198 valence electrons. The molecule has 0 saturated heterocycles. The van der Waals surface area contributed by atoms with E-state index in [1.54, 1.807) is 30.9 Å². The van der Waals surface area contributed by atoms with Crippen LogP contribution in [0.1, 0.15) is 87.3 Å². The van der Waals surface area contributed by atoms with Crippen LogP contribution in [0.2, 0.25) is 0 Å². The zero-order valence-electron chi connectivity index (χ0n) is 22.4. The van der Waals surface area contributed by atoms with Crippen LogP contribution >= 0.6 is 0 Å². The number of allylic oxidation sites excluding steroid dienone is 1. The van der Waals surface area contributed by atoms with Gasteiger partial charge in [-0.05, 0) is 68.5 Å². The number of benzene rings is 2. The van der Waals surface area contributed by atoms with E-state index >= 15 is 0 Å². The minimum absolute atomic E-state index is 0.186. The summed E-state index contributed by atoms with van der Waals surface area (Å²) in [7, 11) is 0. The average Bonchev–Trinajstić information content (AvgIpc) is 2.89. The average molecular weight is 506 g/mol. The highest BCUT2D eigenvalue weighted by Gasteiger charge is 2.36. The topological polar surface area (TPSA) is 87.7 Å². The van der Waals surface area contributed by atoms with Gasteiger partial charge in [0, 0.05) is 23.5 Å². The monoisotopic (exact) mass is 505 g/mol. The Kier molecular flexibility index (Phi) is 10.3. The molecule has 0 spiro atoms. The predicted molar refractivity (Wildman–Crippen MR) is 146 cm³/mol. The largest absolute Gasteiger partial charge is 0.463 e. The van der Waals surface area contributed by atoms with Crippen LogP contribution in [-0.4, -0.2) is 36.0 Å². The predicted octanol–water partition coefficient (Wildman–Crippen LogP) is 6.38. The number of ether oxygens (including phenoxy) is 1. The summed E-state index contributed by atoms with van der Waals surface area (Å²) in [6.07, 6.45) is 6.66. The number of carbonyl (C=O) groups is 3. The Morgan fingerprint density at radius 1 is 0.946 bits per heavy atom. The lowest BCUT2D eigenvalue weighted by Gasteiger charge is -2.35. The van der Waals surface area contributed by atoms with Crippen LogP contribution in [0.25, 0.3) is 0 Å². The highest BCUT2D eigenvalue weighted by Crippen LogP contribution is 2.32. The van der Waals surface area contributed by atoms with Gasteiger partial charge in [0.15, 0.2) is 0 Å². The number of carbonyl (C=O) groups excluding carboxylic acids is 3. The molecule has 0 radical (unpaired) electrons. The summed E-state index contributed by atoms with van der Waals surface area (Å²) < 4.78 is 5.30. The van der Waals surface area contributed by atoms with Crippen LogP contribution in [0.3, 0.4) is 0 Å². The summed E-state index contributed by atoms with van der Waals surface area (Å²) in [5.74, 6) is -0.633. The van der Waals surface area contributed by atoms with Crippen molar-refractivity contribution in [2.24, 2.45) is 0 Å². The first-order valence-electron chi connectivity index (χ1n) is 13.4. The molecule has 3 rings (SSSR count). The van der Waals surface area contributed by atoms with E-state index in [1.807, 2.05) is 43.3 Å². The molecule has 1 atom stereocenters. The fourth-order valence-electron chi connectivity index (χ4n) is 4.54. The summed E-state index contributed by atoms with van der Waals surface area (Å²) in [6, 6.07) is 14.0. The van der Waals surface area contributed by atoms with Crippen LogP contribution in [0.4, 0.5) is 10.5 Å². The first-order valence-corrected chi connectivity index (χ1v) is 13.4. The van der Waals surface area contributed by atoms with Gasteiger partial charge in [-0.1, -0.05) is 57.4 Å². The van der Waals surface area contributed by atoms with Gasteiger partial charge in [-0.15, -0.1) is 0 Å². The number of unbranched alkanes of at least 4 members (excludes halogenated alkanes) is 3. The van der Waals surface area contributed by atoms with Crippen LogP contribution in [0, 0.1) is 0 Å². The number of nitrogens with zero attached hydrogens (tertiary/aromatic N) is 1. The molecule has 0 bridgehead atoms. The van der Waals surface area contributed by atoms with Crippen molar-refractivity contribution in [1.29, 1.82) is 0 Å². The SMILES string of the molecule is CCCCCCc1ccc(C(=O)Nc2ccc(C3NC(=O)N(CCC)C(C)=C3C(=O)OCC)cc2)cc1. The van der Waals surface area contributed by atoms with Crippen LogP contribution in [-0.2, 0) is 16.0 Å². The molecular weight excluding hydrogens is 466 g/mol. The fraction of sp³-hybridized carbons (Fsp3) is 0.433. The van der Waals surface area contributed by atoms with E-state index in [4.69, 9.17) is 4.74 Å². The molecule has 7 nitrogen and oxygen atoms in total. The molecule has 3 amide bonds. The second kappa shape index (κ2) is 13.6. The zero-order valence-corrected chi connectivity index (χ0v) is 22.4. The third-order valence-corrected chi connectivity index (χ3v) is 6.58. The molecule has 0 fully saturated rings. The third-order valence-electron chi connectivity index (χ3n) is 6.58. The number of aryl methyl sites for hydroxylation is 1. The number of anilines is 1. The molecule has 1 unspecified atom stereocenters. The van der Waals surface area contributed by atoms with E-state index in [2.05, 4.69) is 17.6 Å². The Hall–Kier alpha value is -3.61. The second-order valence-electron chi connectivity index (χ2n) is 9.34. The maximum Gasteiger partial charge on any atom is 0.338 e. The van der Waals surface area contributed by atoms with Gasteiger partial charge in [-0.2, -0.15) is 0 Å². The molecule has 0 aromatic heterocycles. The number of hydrogen-bond donors (Lipinski definition) is 2. The summed E-state index contributed by atoms with van der Waals surface area (Å²) >= 11 is 0. The molecule has 1 aliphatic rings. The van der Waals surface area contributed by atoms with Crippen LogP contribution in [0.15, 0.2) is 59.8 Å². The van der Waals surface area contributed by atoms with Gasteiger partial charge in [-0.25, -0.2) is 9.59 Å². The van der Waals surface area contributed by atoms with E-state index in [0.717, 1.165) is 24.8 Å². The van der Waals surface area contributed by atoms with Crippen molar-refractivity contribution in [1.82, 2.24) is 10.2 Å². The van der Waals surface area contributed by atoms with Gasteiger partial charge < -0.3 is 15.4 Å². The molecule has 2 aromatic rings. The van der Waals surface area contributed by atoms with Gasteiger partial charge in [0.05, 0.1) is 18.2 Å². The minimum atomic E-state index is -0.630. The summed E-state index contributed by atoms with van der Waals surface area (Å²) in [6.45, 7) is 8.47. The van der Waals surface area contributed by atoms with Gasteiger partial charge in [0.25, 0.3) is 5.91 Å². The molecule has 0 saturated carbocycles. The van der Waals surface area contributed by atoms with Gasteiger partial charge >= 0.3 is 12.0 Å².